The number of hydrogen-bond acceptors (Lipinski definition) is 5. The summed E-state index contributed by atoms with van der Waals surface area (Å²) in [7, 11) is 3.07. The van der Waals surface area contributed by atoms with Gasteiger partial charge in [0.15, 0.2) is 0 Å². The molecule has 0 fully saturated rings. The van der Waals surface area contributed by atoms with Gasteiger partial charge in [-0.1, -0.05) is 0 Å². The lowest BCUT2D eigenvalue weighted by Crippen LogP contribution is -2.40. The molecule has 0 saturated carbocycles. The fourth-order valence-electron chi connectivity index (χ4n) is 1.57. The summed E-state index contributed by atoms with van der Waals surface area (Å²) in [6.07, 6.45) is 0. The zero-order chi connectivity index (χ0) is 16.4. The average molecular weight is 295 g/mol. The first kappa shape index (κ1) is 16.4. The van der Waals surface area contributed by atoms with E-state index in [4.69, 9.17) is 5.11 Å². The molecule has 0 unspecified atom stereocenters. The molecule has 8 nitrogen and oxygen atoms in total. The Kier molecular flexibility index (Phi) is 4.52. The van der Waals surface area contributed by atoms with Gasteiger partial charge in [0, 0.05) is 25.7 Å². The smallest absolute Gasteiger partial charge is 0.328 e. The first-order chi connectivity index (χ1) is 9.56. The van der Waals surface area contributed by atoms with E-state index < -0.39 is 16.4 Å². The molecule has 1 amide bonds. The second-order valence-corrected chi connectivity index (χ2v) is 5.24. The van der Waals surface area contributed by atoms with Crippen LogP contribution in [0.25, 0.3) is 0 Å². The summed E-state index contributed by atoms with van der Waals surface area (Å²) in [6.45, 7) is 2.77. The minimum atomic E-state index is -1.38. The molecule has 0 aliphatic rings. The van der Waals surface area contributed by atoms with Gasteiger partial charge in [0.05, 0.1) is 4.92 Å². The molecule has 8 heteroatoms. The first-order valence-electron chi connectivity index (χ1n) is 6.08. The minimum absolute atomic E-state index is 0.0442. The number of rotatable bonds is 5. The topological polar surface area (TPSA) is 113 Å². The number of carbonyl (C=O) groups is 2. The predicted octanol–water partition coefficient (Wildman–Crippen LogP) is 1.57. The number of carboxylic acid groups (broad SMARTS) is 1. The molecule has 114 valence electrons. The number of carboxylic acids is 1. The van der Waals surface area contributed by atoms with Crippen molar-refractivity contribution in [2.75, 3.05) is 19.4 Å². The van der Waals surface area contributed by atoms with Gasteiger partial charge in [0.1, 0.15) is 11.2 Å². The number of nitro benzene ring substituents is 1. The molecule has 0 saturated heterocycles. The van der Waals surface area contributed by atoms with E-state index in [1.807, 2.05) is 0 Å². The number of hydrogen-bond donors (Lipinski definition) is 2. The maximum absolute atomic E-state index is 11.8. The van der Waals surface area contributed by atoms with Gasteiger partial charge >= 0.3 is 5.97 Å². The van der Waals surface area contributed by atoms with E-state index >= 15 is 0 Å². The maximum Gasteiger partial charge on any atom is 0.328 e. The zero-order valence-corrected chi connectivity index (χ0v) is 12.2. The molecule has 21 heavy (non-hydrogen) atoms. The van der Waals surface area contributed by atoms with E-state index in [0.717, 1.165) is 6.07 Å². The molecule has 0 aliphatic carbocycles. The molecule has 0 radical (unpaired) electrons. The molecule has 0 bridgehead atoms. The van der Waals surface area contributed by atoms with Gasteiger partial charge in [0.25, 0.3) is 11.6 Å². The van der Waals surface area contributed by atoms with Gasteiger partial charge in [-0.15, -0.1) is 0 Å². The standard InChI is InChI=1S/C13H17N3O5/c1-13(2,12(18)19)14-9-6-5-8(11(17)15(3)4)7-10(9)16(20)21/h5-7,14H,1-4H3,(H,18,19). The fraction of sp³-hybridized carbons (Fsp3) is 0.385. The summed E-state index contributed by atoms with van der Waals surface area (Å²) >= 11 is 0. The Hall–Kier alpha value is -2.64. The van der Waals surface area contributed by atoms with Gasteiger partial charge < -0.3 is 15.3 Å². The highest BCUT2D eigenvalue weighted by Crippen LogP contribution is 2.28. The monoisotopic (exact) mass is 295 g/mol. The lowest BCUT2D eigenvalue weighted by molar-refractivity contribution is -0.384. The van der Waals surface area contributed by atoms with Crippen LogP contribution in [-0.4, -0.2) is 46.4 Å². The Labute approximate surface area is 121 Å². The normalized spacial score (nSPS) is 10.9. The summed E-state index contributed by atoms with van der Waals surface area (Å²) in [6, 6.07) is 3.87. The SMILES string of the molecule is CN(C)C(=O)c1ccc(NC(C)(C)C(=O)O)c([N+](=O)[O-])c1. The van der Waals surface area contributed by atoms with E-state index in [1.54, 1.807) is 0 Å². The van der Waals surface area contributed by atoms with Crippen LogP contribution in [0.4, 0.5) is 11.4 Å². The molecule has 1 aromatic rings. The summed E-state index contributed by atoms with van der Waals surface area (Å²) in [5.74, 6) is -1.52. The largest absolute Gasteiger partial charge is 0.480 e. The average Bonchev–Trinajstić information content (AvgIpc) is 2.37. The van der Waals surface area contributed by atoms with Crippen molar-refractivity contribution < 1.29 is 19.6 Å². The molecular weight excluding hydrogens is 278 g/mol. The third-order valence-electron chi connectivity index (χ3n) is 2.83. The van der Waals surface area contributed by atoms with Crippen molar-refractivity contribution in [2.45, 2.75) is 19.4 Å². The number of benzene rings is 1. The fourth-order valence-corrected chi connectivity index (χ4v) is 1.57. The summed E-state index contributed by atoms with van der Waals surface area (Å²) < 4.78 is 0. The van der Waals surface area contributed by atoms with Crippen molar-refractivity contribution in [3.8, 4) is 0 Å². The highest BCUT2D eigenvalue weighted by atomic mass is 16.6. The van der Waals surface area contributed by atoms with Crippen LogP contribution in [-0.2, 0) is 4.79 Å². The minimum Gasteiger partial charge on any atom is -0.480 e. The lowest BCUT2D eigenvalue weighted by atomic mass is 10.0. The number of carbonyl (C=O) groups excluding carboxylic acids is 1. The van der Waals surface area contributed by atoms with E-state index in [2.05, 4.69) is 5.32 Å². The van der Waals surface area contributed by atoms with Gasteiger partial charge in [-0.2, -0.15) is 0 Å². The summed E-state index contributed by atoms with van der Waals surface area (Å²) in [4.78, 5) is 34.6. The second kappa shape index (κ2) is 5.78. The molecule has 0 atom stereocenters. The second-order valence-electron chi connectivity index (χ2n) is 5.24. The maximum atomic E-state index is 11.8. The zero-order valence-electron chi connectivity index (χ0n) is 12.2. The van der Waals surface area contributed by atoms with Gasteiger partial charge in [-0.3, -0.25) is 14.9 Å². The van der Waals surface area contributed by atoms with E-state index in [-0.39, 0.29) is 22.8 Å². The Balaban J connectivity index is 3.26. The van der Waals surface area contributed by atoms with Crippen LogP contribution in [0.15, 0.2) is 18.2 Å². The summed E-state index contributed by atoms with van der Waals surface area (Å²) in [5, 5.41) is 22.8. The molecular formula is C13H17N3O5. The molecule has 0 aliphatic heterocycles. The number of amides is 1. The van der Waals surface area contributed by atoms with Crippen molar-refractivity contribution >= 4 is 23.3 Å². The van der Waals surface area contributed by atoms with Crippen molar-refractivity contribution in [2.24, 2.45) is 0 Å². The number of nitrogens with one attached hydrogen (secondary N) is 1. The third-order valence-corrected chi connectivity index (χ3v) is 2.83. The Morgan fingerprint density at radius 1 is 1.33 bits per heavy atom. The van der Waals surface area contributed by atoms with Crippen molar-refractivity contribution in [1.29, 1.82) is 0 Å². The quantitative estimate of drug-likeness (QED) is 0.629. The molecule has 0 heterocycles. The van der Waals surface area contributed by atoms with Gasteiger partial charge in [-0.05, 0) is 26.0 Å². The first-order valence-corrected chi connectivity index (χ1v) is 6.08. The van der Waals surface area contributed by atoms with Crippen LogP contribution in [0.5, 0.6) is 0 Å². The number of anilines is 1. The Morgan fingerprint density at radius 2 is 1.90 bits per heavy atom. The third kappa shape index (κ3) is 3.68. The molecule has 2 N–H and O–H groups in total. The highest BCUT2D eigenvalue weighted by Gasteiger charge is 2.30. The van der Waals surface area contributed by atoms with Gasteiger partial charge in [0.2, 0.25) is 0 Å². The van der Waals surface area contributed by atoms with Crippen LogP contribution in [0.3, 0.4) is 0 Å². The lowest BCUT2D eigenvalue weighted by Gasteiger charge is -2.22. The van der Waals surface area contributed by atoms with Crippen LogP contribution in [0, 0.1) is 10.1 Å². The molecule has 0 aromatic heterocycles. The molecule has 1 aromatic carbocycles. The van der Waals surface area contributed by atoms with Crippen molar-refractivity contribution in [3.63, 3.8) is 0 Å². The Bertz CT molecular complexity index is 595. The number of nitro groups is 1. The van der Waals surface area contributed by atoms with Crippen molar-refractivity contribution in [1.82, 2.24) is 4.90 Å². The van der Waals surface area contributed by atoms with E-state index in [0.29, 0.717) is 0 Å². The molecule has 1 rings (SSSR count). The summed E-state index contributed by atoms with van der Waals surface area (Å²) in [5.41, 5.74) is -1.53. The highest BCUT2D eigenvalue weighted by molar-refractivity contribution is 5.95. The van der Waals surface area contributed by atoms with Crippen LogP contribution < -0.4 is 5.32 Å². The predicted molar refractivity (Wildman–Crippen MR) is 76.5 cm³/mol. The van der Waals surface area contributed by atoms with Gasteiger partial charge in [-0.25, -0.2) is 4.79 Å². The van der Waals surface area contributed by atoms with Crippen LogP contribution in [0.1, 0.15) is 24.2 Å². The Morgan fingerprint density at radius 3 is 2.33 bits per heavy atom. The van der Waals surface area contributed by atoms with Crippen LogP contribution in [0.2, 0.25) is 0 Å². The number of nitrogens with zero attached hydrogens (tertiary/aromatic N) is 2. The van der Waals surface area contributed by atoms with E-state index in [1.165, 1.54) is 45.0 Å². The van der Waals surface area contributed by atoms with E-state index in [9.17, 15) is 19.7 Å². The van der Waals surface area contributed by atoms with Crippen LogP contribution >= 0.6 is 0 Å². The number of aliphatic carboxylic acids is 1. The van der Waals surface area contributed by atoms with Crippen molar-refractivity contribution in [3.05, 3.63) is 33.9 Å². The molecule has 0 spiro atoms.